The second-order valence-electron chi connectivity index (χ2n) is 13.3. The van der Waals surface area contributed by atoms with Gasteiger partial charge in [0.05, 0.1) is 0 Å². The number of rotatable bonds is 13. The fraction of sp³-hybridized carbons (Fsp3) is 0.261. The molecule has 0 amide bonds. The third kappa shape index (κ3) is 6.48. The lowest BCUT2D eigenvalue weighted by molar-refractivity contribution is 0.556. The molecule has 0 unspecified atom stereocenters. The fourth-order valence-electron chi connectivity index (χ4n) is 7.71. The summed E-state index contributed by atoms with van der Waals surface area (Å²) >= 11 is 3.98. The highest BCUT2D eigenvalue weighted by atomic mass is 79.9. The highest BCUT2D eigenvalue weighted by Crippen LogP contribution is 2.49. The number of unbranched alkanes of at least 4 members (excludes halogenated alkanes) is 9. The molecule has 7 aromatic rings. The molecule has 0 aliphatic heterocycles. The van der Waals surface area contributed by atoms with Crippen LogP contribution in [0.1, 0.15) is 76.7 Å². The number of benzene rings is 7. The van der Waals surface area contributed by atoms with Gasteiger partial charge >= 0.3 is 0 Å². The quantitative estimate of drug-likeness (QED) is 0.0842. The SMILES string of the molecule is CCCCCCCCCCCCc1ccc(-c2c3ccccc3c(-c3c4ccccc4c(Br)c4ccccc34)c3ccccc23)cc1. The normalized spacial score (nSPS) is 11.7. The maximum atomic E-state index is 3.98. The summed E-state index contributed by atoms with van der Waals surface area (Å²) < 4.78 is 1.16. The molecule has 0 nitrogen and oxygen atoms in total. The van der Waals surface area contributed by atoms with Crippen LogP contribution in [-0.2, 0) is 6.42 Å². The van der Waals surface area contributed by atoms with Crippen molar-refractivity contribution >= 4 is 59.0 Å². The maximum absolute atomic E-state index is 3.98. The third-order valence-corrected chi connectivity index (χ3v) is 11.0. The molecule has 0 saturated carbocycles. The zero-order chi connectivity index (χ0) is 32.0. The van der Waals surface area contributed by atoms with Crippen LogP contribution in [0.25, 0.3) is 65.3 Å². The van der Waals surface area contributed by atoms with Gasteiger partial charge in [-0.15, -0.1) is 0 Å². The summed E-state index contributed by atoms with van der Waals surface area (Å²) in [7, 11) is 0. The van der Waals surface area contributed by atoms with Gasteiger partial charge in [-0.05, 0) is 99.7 Å². The smallest absolute Gasteiger partial charge is 0.0332 e. The molecular formula is C46H45Br. The van der Waals surface area contributed by atoms with E-state index in [9.17, 15) is 0 Å². The van der Waals surface area contributed by atoms with Gasteiger partial charge in [-0.25, -0.2) is 0 Å². The molecule has 0 atom stereocenters. The van der Waals surface area contributed by atoms with Gasteiger partial charge in [-0.1, -0.05) is 186 Å². The molecule has 0 aromatic heterocycles. The van der Waals surface area contributed by atoms with E-state index >= 15 is 0 Å². The summed E-state index contributed by atoms with van der Waals surface area (Å²) in [5.74, 6) is 0. The van der Waals surface area contributed by atoms with E-state index in [2.05, 4.69) is 144 Å². The standard InChI is InChI=1S/C46H45Br/c1-2-3-4-5-6-7-8-9-10-11-20-33-29-31-34(32-30-33)43-35-21-12-14-23-37(35)44(38-24-15-13-22-36(38)43)45-39-25-16-18-27-41(39)46(47)42-28-19-17-26-40(42)45/h12-19,21-32H,2-11,20H2,1H3. The lowest BCUT2D eigenvalue weighted by Crippen LogP contribution is -1.94. The van der Waals surface area contributed by atoms with Crippen molar-refractivity contribution in [2.45, 2.75) is 77.6 Å². The van der Waals surface area contributed by atoms with Crippen LogP contribution in [0.3, 0.4) is 0 Å². The zero-order valence-corrected chi connectivity index (χ0v) is 29.3. The Morgan fingerprint density at radius 2 is 0.702 bits per heavy atom. The first-order chi connectivity index (χ1) is 23.3. The summed E-state index contributed by atoms with van der Waals surface area (Å²) in [5, 5.41) is 10.3. The zero-order valence-electron chi connectivity index (χ0n) is 27.7. The van der Waals surface area contributed by atoms with Gasteiger partial charge in [-0.3, -0.25) is 0 Å². The van der Waals surface area contributed by atoms with Crippen LogP contribution in [-0.4, -0.2) is 0 Å². The minimum Gasteiger partial charge on any atom is -0.0654 e. The van der Waals surface area contributed by atoms with E-state index in [1.807, 2.05) is 0 Å². The highest BCUT2D eigenvalue weighted by Gasteiger charge is 2.21. The monoisotopic (exact) mass is 676 g/mol. The maximum Gasteiger partial charge on any atom is 0.0332 e. The van der Waals surface area contributed by atoms with E-state index in [1.54, 1.807) is 0 Å². The van der Waals surface area contributed by atoms with Gasteiger partial charge in [0.1, 0.15) is 0 Å². The van der Waals surface area contributed by atoms with Gasteiger partial charge < -0.3 is 0 Å². The van der Waals surface area contributed by atoms with Crippen molar-refractivity contribution in [1.82, 2.24) is 0 Å². The van der Waals surface area contributed by atoms with Crippen LogP contribution in [0.15, 0.2) is 126 Å². The van der Waals surface area contributed by atoms with E-state index in [0.29, 0.717) is 0 Å². The fourth-order valence-corrected chi connectivity index (χ4v) is 8.40. The molecule has 0 aliphatic carbocycles. The predicted octanol–water partition coefficient (Wildman–Crippen LogP) is 14.9. The number of aryl methyl sites for hydroxylation is 1. The number of halogens is 1. The van der Waals surface area contributed by atoms with Crippen molar-refractivity contribution in [2.75, 3.05) is 0 Å². The molecule has 0 bridgehead atoms. The molecular weight excluding hydrogens is 632 g/mol. The van der Waals surface area contributed by atoms with E-state index in [4.69, 9.17) is 0 Å². The minimum absolute atomic E-state index is 1.16. The van der Waals surface area contributed by atoms with Gasteiger partial charge in [-0.2, -0.15) is 0 Å². The van der Waals surface area contributed by atoms with Crippen molar-refractivity contribution in [2.24, 2.45) is 0 Å². The number of hydrogen-bond acceptors (Lipinski definition) is 0. The molecule has 0 saturated heterocycles. The third-order valence-electron chi connectivity index (χ3n) is 10.1. The average molecular weight is 678 g/mol. The Bertz CT molecular complexity index is 2020. The molecule has 7 aromatic carbocycles. The molecule has 0 N–H and O–H groups in total. The van der Waals surface area contributed by atoms with Crippen molar-refractivity contribution in [3.63, 3.8) is 0 Å². The molecule has 0 radical (unpaired) electrons. The Kier molecular flexibility index (Phi) is 10.0. The van der Waals surface area contributed by atoms with Gasteiger partial charge in [0.2, 0.25) is 0 Å². The van der Waals surface area contributed by atoms with E-state index in [1.165, 1.54) is 142 Å². The molecule has 1 heteroatoms. The first-order valence-corrected chi connectivity index (χ1v) is 18.7. The Hall–Kier alpha value is -3.94. The molecule has 0 spiro atoms. The largest absolute Gasteiger partial charge is 0.0654 e. The Morgan fingerprint density at radius 3 is 1.13 bits per heavy atom. The number of hydrogen-bond donors (Lipinski definition) is 0. The van der Waals surface area contributed by atoms with Gasteiger partial charge in [0, 0.05) is 4.47 Å². The Labute approximate surface area is 289 Å². The molecule has 7 rings (SSSR count). The molecule has 47 heavy (non-hydrogen) atoms. The lowest BCUT2D eigenvalue weighted by atomic mass is 9.83. The van der Waals surface area contributed by atoms with Crippen LogP contribution < -0.4 is 0 Å². The Morgan fingerprint density at radius 1 is 0.362 bits per heavy atom. The molecule has 236 valence electrons. The van der Waals surface area contributed by atoms with E-state index < -0.39 is 0 Å². The number of fused-ring (bicyclic) bond motifs is 4. The summed E-state index contributed by atoms with van der Waals surface area (Å²) in [6, 6.07) is 45.2. The van der Waals surface area contributed by atoms with Crippen molar-refractivity contribution in [1.29, 1.82) is 0 Å². The summed E-state index contributed by atoms with van der Waals surface area (Å²) in [4.78, 5) is 0. The summed E-state index contributed by atoms with van der Waals surface area (Å²) in [6.45, 7) is 2.29. The molecule has 0 heterocycles. The van der Waals surface area contributed by atoms with Crippen molar-refractivity contribution in [3.8, 4) is 22.3 Å². The van der Waals surface area contributed by atoms with Crippen molar-refractivity contribution < 1.29 is 0 Å². The molecule has 0 fully saturated rings. The second-order valence-corrected chi connectivity index (χ2v) is 14.0. The highest BCUT2D eigenvalue weighted by molar-refractivity contribution is 9.10. The van der Waals surface area contributed by atoms with Crippen LogP contribution >= 0.6 is 15.9 Å². The van der Waals surface area contributed by atoms with Crippen LogP contribution in [0.4, 0.5) is 0 Å². The van der Waals surface area contributed by atoms with Gasteiger partial charge in [0.15, 0.2) is 0 Å². The van der Waals surface area contributed by atoms with Crippen LogP contribution in [0.2, 0.25) is 0 Å². The first kappa shape index (κ1) is 31.6. The van der Waals surface area contributed by atoms with Crippen LogP contribution in [0.5, 0.6) is 0 Å². The van der Waals surface area contributed by atoms with Crippen molar-refractivity contribution in [3.05, 3.63) is 131 Å². The van der Waals surface area contributed by atoms with Crippen LogP contribution in [0, 0.1) is 0 Å². The minimum atomic E-state index is 1.16. The summed E-state index contributed by atoms with van der Waals surface area (Å²) in [6.07, 6.45) is 15.0. The lowest BCUT2D eigenvalue weighted by Gasteiger charge is -2.21. The Balaban J connectivity index is 1.24. The first-order valence-electron chi connectivity index (χ1n) is 17.9. The van der Waals surface area contributed by atoms with Gasteiger partial charge in [0.25, 0.3) is 0 Å². The topological polar surface area (TPSA) is 0 Å². The van der Waals surface area contributed by atoms with E-state index in [0.717, 1.165) is 4.47 Å². The average Bonchev–Trinajstić information content (AvgIpc) is 3.12. The molecule has 0 aliphatic rings. The summed E-state index contributed by atoms with van der Waals surface area (Å²) in [5.41, 5.74) is 6.70. The predicted molar refractivity (Wildman–Crippen MR) is 211 cm³/mol. The second kappa shape index (κ2) is 14.9. The van der Waals surface area contributed by atoms with E-state index in [-0.39, 0.29) is 0 Å².